The quantitative estimate of drug-likeness (QED) is 0.268. The van der Waals surface area contributed by atoms with Gasteiger partial charge in [-0.05, 0) is 65.1 Å². The molecule has 0 nitrogen and oxygen atoms in total. The van der Waals surface area contributed by atoms with Crippen molar-refractivity contribution < 1.29 is 0 Å². The molecule has 0 bridgehead atoms. The molecule has 0 radical (unpaired) electrons. The van der Waals surface area contributed by atoms with Gasteiger partial charge in [0.2, 0.25) is 0 Å². The predicted octanol–water partition coefficient (Wildman–Crippen LogP) is 6.37. The second-order valence-electron chi connectivity index (χ2n) is 4.43. The number of fused-ring (bicyclic) bond motifs is 1. The van der Waals surface area contributed by atoms with Crippen molar-refractivity contribution in [3.63, 3.8) is 0 Å². The molecular weight excluding hydrogens is 558 g/mol. The molecule has 0 saturated heterocycles. The third kappa shape index (κ3) is 4.59. The molecule has 0 fully saturated rings. The molecule has 0 atom stereocenters. The summed E-state index contributed by atoms with van der Waals surface area (Å²) < 4.78 is 0. The molecule has 0 saturated carbocycles. The van der Waals surface area contributed by atoms with Gasteiger partial charge < -0.3 is 0 Å². The standard InChI is InChI=1S/C20H10I2S2/c1-3-5-15-7-9-20-18(12-14-24-22)16(11-13-23-21)8-10-19(20)17(15)6-4-2/h7-10H,1-2H3. The fourth-order valence-electron chi connectivity index (χ4n) is 2.29. The van der Waals surface area contributed by atoms with E-state index in [4.69, 9.17) is 0 Å². The van der Waals surface area contributed by atoms with Crippen LogP contribution in [-0.4, -0.2) is 0 Å². The van der Waals surface area contributed by atoms with Crippen LogP contribution >= 0.6 is 60.3 Å². The van der Waals surface area contributed by atoms with E-state index in [0.717, 1.165) is 33.0 Å². The molecule has 0 heterocycles. The molecule has 2 rings (SSSR count). The van der Waals surface area contributed by atoms with Crippen molar-refractivity contribution in [3.05, 3.63) is 46.5 Å². The Labute approximate surface area is 175 Å². The second-order valence-corrected chi connectivity index (χ2v) is 7.79. The van der Waals surface area contributed by atoms with Crippen molar-refractivity contribution in [2.75, 3.05) is 0 Å². The van der Waals surface area contributed by atoms with Crippen LogP contribution in [0.3, 0.4) is 0 Å². The molecule has 0 amide bonds. The highest BCUT2D eigenvalue weighted by Gasteiger charge is 2.10. The molecule has 0 unspecified atom stereocenters. The lowest BCUT2D eigenvalue weighted by molar-refractivity contribution is 1.59. The molecule has 2 aromatic carbocycles. The predicted molar refractivity (Wildman–Crippen MR) is 126 cm³/mol. The summed E-state index contributed by atoms with van der Waals surface area (Å²) in [4.78, 5) is 0. The van der Waals surface area contributed by atoms with Crippen LogP contribution in [0.2, 0.25) is 0 Å². The van der Waals surface area contributed by atoms with E-state index in [2.05, 4.69) is 101 Å². The normalized spacial score (nSPS) is 8.67. The summed E-state index contributed by atoms with van der Waals surface area (Å²) in [5.74, 6) is 18.7. The molecule has 0 aliphatic heterocycles. The maximum atomic E-state index is 3.24. The number of hydrogen-bond acceptors (Lipinski definition) is 2. The Morgan fingerprint density at radius 1 is 0.667 bits per heavy atom. The van der Waals surface area contributed by atoms with E-state index in [0.29, 0.717) is 0 Å². The maximum absolute atomic E-state index is 3.24. The first-order valence-electron chi connectivity index (χ1n) is 6.79. The largest absolute Gasteiger partial charge is 0.101 e. The van der Waals surface area contributed by atoms with E-state index >= 15 is 0 Å². The molecule has 4 heteroatoms. The van der Waals surface area contributed by atoms with Crippen LogP contribution in [0.4, 0.5) is 0 Å². The molecule has 0 aromatic heterocycles. The first-order valence-corrected chi connectivity index (χ1v) is 13.5. The average molecular weight is 568 g/mol. The Kier molecular flexibility index (Phi) is 8.23. The number of halogens is 2. The highest BCUT2D eigenvalue weighted by atomic mass is 127. The number of hydrogen-bond donors (Lipinski definition) is 0. The average Bonchev–Trinajstić information content (AvgIpc) is 2.60. The Morgan fingerprint density at radius 3 is 1.71 bits per heavy atom. The van der Waals surface area contributed by atoms with E-state index in [9.17, 15) is 0 Å². The van der Waals surface area contributed by atoms with Crippen LogP contribution in [0.15, 0.2) is 24.3 Å². The van der Waals surface area contributed by atoms with Crippen LogP contribution in [0.25, 0.3) is 10.8 Å². The summed E-state index contributed by atoms with van der Waals surface area (Å²) in [5, 5.41) is 8.26. The third-order valence-electron chi connectivity index (χ3n) is 3.15. The summed E-state index contributed by atoms with van der Waals surface area (Å²) in [5.41, 5.74) is 3.79. The van der Waals surface area contributed by atoms with Crippen molar-refractivity contribution in [1.29, 1.82) is 0 Å². The van der Waals surface area contributed by atoms with Gasteiger partial charge in [-0.25, -0.2) is 0 Å². The van der Waals surface area contributed by atoms with Crippen molar-refractivity contribution in [2.45, 2.75) is 13.8 Å². The van der Waals surface area contributed by atoms with E-state index in [-0.39, 0.29) is 0 Å². The fraction of sp³-hybridized carbons (Fsp3) is 0.100. The highest BCUT2D eigenvalue weighted by molar-refractivity contribution is 14.2. The minimum absolute atomic E-state index is 0.939. The van der Waals surface area contributed by atoms with Gasteiger partial charge in [0, 0.05) is 64.7 Å². The van der Waals surface area contributed by atoms with Crippen LogP contribution in [0, 0.1) is 46.0 Å². The van der Waals surface area contributed by atoms with Gasteiger partial charge in [0.05, 0.1) is 0 Å². The lowest BCUT2D eigenvalue weighted by Crippen LogP contribution is -1.92. The molecule has 2 aromatic rings. The van der Waals surface area contributed by atoms with Gasteiger partial charge in [-0.2, -0.15) is 0 Å². The molecule has 0 spiro atoms. The zero-order valence-corrected chi connectivity index (χ0v) is 18.8. The topological polar surface area (TPSA) is 0 Å². The van der Waals surface area contributed by atoms with Gasteiger partial charge in [-0.15, -0.1) is 11.8 Å². The van der Waals surface area contributed by atoms with Gasteiger partial charge >= 0.3 is 0 Å². The van der Waals surface area contributed by atoms with Crippen molar-refractivity contribution >= 4 is 71.0 Å². The lowest BCUT2D eigenvalue weighted by atomic mass is 9.93. The minimum atomic E-state index is 0.939. The Morgan fingerprint density at radius 2 is 1.17 bits per heavy atom. The Hall–Kier alpha value is -0.900. The molecule has 0 N–H and O–H groups in total. The molecule has 116 valence electrons. The summed E-state index contributed by atoms with van der Waals surface area (Å²) in [6, 6.07) is 8.18. The van der Waals surface area contributed by atoms with Crippen molar-refractivity contribution in [3.8, 4) is 46.0 Å². The van der Waals surface area contributed by atoms with Crippen LogP contribution < -0.4 is 0 Å². The number of rotatable bonds is 0. The zero-order valence-electron chi connectivity index (χ0n) is 12.9. The first-order chi connectivity index (χ1) is 11.8. The van der Waals surface area contributed by atoms with E-state index in [1.165, 1.54) is 17.9 Å². The zero-order chi connectivity index (χ0) is 17.4. The van der Waals surface area contributed by atoms with E-state index in [1.807, 2.05) is 26.0 Å². The van der Waals surface area contributed by atoms with Gasteiger partial charge in [-0.3, -0.25) is 0 Å². The van der Waals surface area contributed by atoms with Crippen molar-refractivity contribution in [2.24, 2.45) is 0 Å². The highest BCUT2D eigenvalue weighted by Crippen LogP contribution is 2.27. The van der Waals surface area contributed by atoms with Crippen LogP contribution in [0.5, 0.6) is 0 Å². The SMILES string of the molecule is CC#Cc1ccc2c(C#CSI)c(C#CSI)ccc2c1C#CC. The summed E-state index contributed by atoms with van der Waals surface area (Å²) >= 11 is 4.35. The van der Waals surface area contributed by atoms with Crippen LogP contribution in [0.1, 0.15) is 36.1 Å². The monoisotopic (exact) mass is 568 g/mol. The summed E-state index contributed by atoms with van der Waals surface area (Å²) in [7, 11) is 2.94. The number of benzene rings is 2. The first kappa shape index (κ1) is 19.4. The van der Waals surface area contributed by atoms with Gasteiger partial charge in [-0.1, -0.05) is 35.8 Å². The smallest absolute Gasteiger partial charge is 0.0490 e. The molecule has 24 heavy (non-hydrogen) atoms. The fourth-order valence-corrected chi connectivity index (χ4v) is 3.24. The Balaban J connectivity index is 2.91. The lowest BCUT2D eigenvalue weighted by Gasteiger charge is -2.08. The third-order valence-corrected chi connectivity index (χ3v) is 4.83. The molecule has 0 aliphatic rings. The van der Waals surface area contributed by atoms with Gasteiger partial charge in [0.15, 0.2) is 0 Å². The summed E-state index contributed by atoms with van der Waals surface area (Å²) in [6.07, 6.45) is 0. The van der Waals surface area contributed by atoms with E-state index in [1.54, 1.807) is 0 Å². The van der Waals surface area contributed by atoms with E-state index < -0.39 is 0 Å². The van der Waals surface area contributed by atoms with Gasteiger partial charge in [0.1, 0.15) is 0 Å². The molecule has 0 aliphatic carbocycles. The maximum Gasteiger partial charge on any atom is 0.0490 e. The Bertz CT molecular complexity index is 1020. The molecular formula is C20H10I2S2. The second kappa shape index (κ2) is 10.2. The summed E-state index contributed by atoms with van der Waals surface area (Å²) in [6.45, 7) is 3.68. The van der Waals surface area contributed by atoms with Crippen molar-refractivity contribution in [1.82, 2.24) is 0 Å². The van der Waals surface area contributed by atoms with Crippen LogP contribution in [-0.2, 0) is 0 Å². The minimum Gasteiger partial charge on any atom is -0.101 e. The van der Waals surface area contributed by atoms with Gasteiger partial charge in [0.25, 0.3) is 0 Å².